The van der Waals surface area contributed by atoms with Crippen LogP contribution in [0.4, 0.5) is 16.2 Å². The number of carboxylic acid groups (broad SMARTS) is 1. The number of unbranched alkanes of at least 4 members (excludes halogenated alkanes) is 1. The number of hydrogen-bond acceptors (Lipinski definition) is 8. The Hall–Kier alpha value is -6.42. The van der Waals surface area contributed by atoms with E-state index in [1.165, 1.54) is 6.08 Å². The first kappa shape index (κ1) is 45.3. The van der Waals surface area contributed by atoms with E-state index < -0.39 is 53.3 Å². The Morgan fingerprint density at radius 1 is 0.831 bits per heavy atom. The summed E-state index contributed by atoms with van der Waals surface area (Å²) >= 11 is 0. The van der Waals surface area contributed by atoms with Crippen molar-refractivity contribution >= 4 is 59.0 Å². The fourth-order valence-electron chi connectivity index (χ4n) is 6.74. The minimum atomic E-state index is -1.19. The van der Waals surface area contributed by atoms with E-state index in [4.69, 9.17) is 0 Å². The van der Waals surface area contributed by atoms with Crippen LogP contribution in [0.15, 0.2) is 79.1 Å². The zero-order chi connectivity index (χ0) is 42.6. The maximum absolute atomic E-state index is 13.9. The van der Waals surface area contributed by atoms with Crippen molar-refractivity contribution in [2.75, 3.05) is 17.2 Å². The second-order valence-corrected chi connectivity index (χ2v) is 14.7. The summed E-state index contributed by atoms with van der Waals surface area (Å²) in [6, 6.07) is 14.9. The molecule has 314 valence electrons. The standard InChI is InChI=1S/C43H54N8O8/c1-29-11-3-4-13-33(29)50-42(59)47-32-20-17-30(18-21-32)27-37(53)48-34(14-5-8-26-46-36(52)22-19-31-12-10-25-45-28-31)39(56)49-35(15-9-16-38(54)55)40(57)51-43(41(44)58)23-6-2-7-24-43/h3-4,10-13,17-22,25,28,34-35H,2,5-9,14-16,23-24,26-27H2,1H3,(H2,44,58)(H,46,52)(H,48,53)(H,49,56)(H,51,57)(H,54,55)(H2,47,50,59)/p+1. The molecule has 7 amide bonds. The van der Waals surface area contributed by atoms with Crippen LogP contribution >= 0.6 is 0 Å². The molecule has 1 fully saturated rings. The van der Waals surface area contributed by atoms with Crippen molar-refractivity contribution in [1.82, 2.24) is 26.3 Å². The predicted octanol–water partition coefficient (Wildman–Crippen LogP) is 3.39. The van der Waals surface area contributed by atoms with E-state index in [2.05, 4.69) is 42.6 Å². The molecule has 1 heterocycles. The number of urea groups is 1. The third-order valence-electron chi connectivity index (χ3n) is 10.1. The van der Waals surface area contributed by atoms with Gasteiger partial charge in [0.1, 0.15) is 12.1 Å². The van der Waals surface area contributed by atoms with E-state index in [1.54, 1.807) is 54.9 Å². The normalized spacial score (nSPS) is 14.3. The van der Waals surface area contributed by atoms with E-state index in [0.717, 1.165) is 30.4 Å². The molecule has 2 unspecified atom stereocenters. The number of carboxylic acids is 1. The van der Waals surface area contributed by atoms with Crippen LogP contribution < -0.4 is 37.6 Å². The Labute approximate surface area is 343 Å². The number of quaternary nitrogens is 1. The number of carbonyl (C=O) groups is 7. The van der Waals surface area contributed by atoms with Crippen molar-refractivity contribution in [2.45, 2.75) is 102 Å². The van der Waals surface area contributed by atoms with Crippen LogP contribution in [0, 0.1) is 6.92 Å². The zero-order valence-corrected chi connectivity index (χ0v) is 33.4. The van der Waals surface area contributed by atoms with Crippen molar-refractivity contribution in [2.24, 2.45) is 0 Å². The van der Waals surface area contributed by atoms with E-state index in [-0.39, 0.29) is 38.0 Å². The molecular formula is C43H55N8O8+. The largest absolute Gasteiger partial charge is 0.481 e. The highest BCUT2D eigenvalue weighted by atomic mass is 16.4. The van der Waals surface area contributed by atoms with Gasteiger partial charge in [-0.1, -0.05) is 55.7 Å². The summed E-state index contributed by atoms with van der Waals surface area (Å²) in [6.45, 7) is 2.18. The van der Waals surface area contributed by atoms with Crippen LogP contribution in [-0.4, -0.2) is 75.8 Å². The van der Waals surface area contributed by atoms with Gasteiger partial charge in [-0.05, 0) is 98.9 Å². The number of hydrogen-bond donors (Lipinski definition) is 8. The predicted molar refractivity (Wildman–Crippen MR) is 221 cm³/mol. The molecule has 1 aromatic heterocycles. The molecule has 2 atom stereocenters. The first-order chi connectivity index (χ1) is 28.3. The lowest BCUT2D eigenvalue weighted by atomic mass is 9.80. The summed E-state index contributed by atoms with van der Waals surface area (Å²) in [5, 5.41) is 25.9. The molecule has 4 rings (SSSR count). The Bertz CT molecular complexity index is 1950. The Morgan fingerprint density at radius 2 is 1.54 bits per heavy atom. The molecule has 0 spiro atoms. The SMILES string of the molecule is Cc1ccccc1NC(=O)Nc1ccc(CC(=O)NC(CCCCNC(=O)C=Cc2cccnc2)C(=O)NC(CCCC(=O)O)C(=O)NC2(C([NH3+])=O)CCCCC2)cc1. The van der Waals surface area contributed by atoms with Gasteiger partial charge >= 0.3 is 17.9 Å². The van der Waals surface area contributed by atoms with Crippen molar-refractivity contribution in [3.8, 4) is 0 Å². The molecule has 1 aliphatic rings. The molecule has 0 bridgehead atoms. The number of benzene rings is 2. The smallest absolute Gasteiger partial charge is 0.334 e. The van der Waals surface area contributed by atoms with Gasteiger partial charge in [-0.15, -0.1) is 0 Å². The summed E-state index contributed by atoms with van der Waals surface area (Å²) < 4.78 is 0. The highest BCUT2D eigenvalue weighted by Crippen LogP contribution is 2.28. The topological polar surface area (TPSA) is 252 Å². The van der Waals surface area contributed by atoms with Gasteiger partial charge in [0.2, 0.25) is 23.6 Å². The molecule has 1 saturated carbocycles. The number of amides is 7. The maximum Gasteiger partial charge on any atom is 0.334 e. The molecule has 1 aliphatic carbocycles. The highest BCUT2D eigenvalue weighted by Gasteiger charge is 2.43. The summed E-state index contributed by atoms with van der Waals surface area (Å²) in [4.78, 5) is 93.9. The average Bonchev–Trinajstić information content (AvgIpc) is 3.21. The summed E-state index contributed by atoms with van der Waals surface area (Å²) in [5.41, 5.74) is 5.86. The van der Waals surface area contributed by atoms with Gasteiger partial charge in [-0.25, -0.2) is 9.59 Å². The van der Waals surface area contributed by atoms with Crippen molar-refractivity contribution in [3.05, 3.63) is 95.8 Å². The Balaban J connectivity index is 1.41. The molecule has 16 nitrogen and oxygen atoms in total. The van der Waals surface area contributed by atoms with Crippen molar-refractivity contribution in [1.29, 1.82) is 0 Å². The van der Waals surface area contributed by atoms with Gasteiger partial charge in [0.25, 0.3) is 0 Å². The Morgan fingerprint density at radius 3 is 2.22 bits per heavy atom. The van der Waals surface area contributed by atoms with Crippen LogP contribution in [0.2, 0.25) is 0 Å². The number of nitrogens with zero attached hydrogens (tertiary/aromatic N) is 1. The molecule has 59 heavy (non-hydrogen) atoms. The van der Waals surface area contributed by atoms with Gasteiger partial charge in [0.15, 0.2) is 5.54 Å². The number of aliphatic carboxylic acids is 1. The third kappa shape index (κ3) is 15.5. The first-order valence-electron chi connectivity index (χ1n) is 19.9. The highest BCUT2D eigenvalue weighted by molar-refractivity contribution is 6.00. The second-order valence-electron chi connectivity index (χ2n) is 14.7. The number of rotatable bonds is 21. The number of aromatic nitrogens is 1. The van der Waals surface area contributed by atoms with Crippen LogP contribution in [0.1, 0.15) is 87.3 Å². The molecule has 0 saturated heterocycles. The average molecular weight is 812 g/mol. The fraction of sp³-hybridized carbons (Fsp3) is 0.395. The van der Waals surface area contributed by atoms with Crippen molar-refractivity contribution < 1.29 is 44.4 Å². The second kappa shape index (κ2) is 23.1. The quantitative estimate of drug-likeness (QED) is 0.0579. The van der Waals surface area contributed by atoms with E-state index >= 15 is 0 Å². The van der Waals surface area contributed by atoms with Crippen LogP contribution in [-0.2, 0) is 35.2 Å². The van der Waals surface area contributed by atoms with E-state index in [1.807, 2.05) is 31.2 Å². The third-order valence-corrected chi connectivity index (χ3v) is 10.1. The maximum atomic E-state index is 13.9. The summed E-state index contributed by atoms with van der Waals surface area (Å²) in [7, 11) is 0. The number of anilines is 2. The summed E-state index contributed by atoms with van der Waals surface area (Å²) in [6.07, 6.45) is 10.2. The van der Waals surface area contributed by atoms with Crippen LogP contribution in [0.3, 0.4) is 0 Å². The van der Waals surface area contributed by atoms with Gasteiger partial charge in [-0.2, -0.15) is 0 Å². The van der Waals surface area contributed by atoms with Gasteiger partial charge in [0.05, 0.1) is 6.42 Å². The monoisotopic (exact) mass is 811 g/mol. The lowest BCUT2D eigenvalue weighted by Crippen LogP contribution is -2.74. The van der Waals surface area contributed by atoms with E-state index in [0.29, 0.717) is 49.2 Å². The number of aryl methyl sites for hydroxylation is 1. The fourth-order valence-corrected chi connectivity index (χ4v) is 6.74. The number of para-hydroxylation sites is 1. The van der Waals surface area contributed by atoms with Gasteiger partial charge in [-0.3, -0.25) is 34.7 Å². The first-order valence-corrected chi connectivity index (χ1v) is 19.9. The van der Waals surface area contributed by atoms with Crippen LogP contribution in [0.5, 0.6) is 0 Å². The minimum Gasteiger partial charge on any atom is -0.481 e. The Kier molecular flexibility index (Phi) is 17.7. The van der Waals surface area contributed by atoms with Gasteiger partial charge < -0.3 is 37.0 Å². The number of carbonyl (C=O) groups excluding carboxylic acids is 6. The molecular weight excluding hydrogens is 757 g/mol. The molecule has 0 radical (unpaired) electrons. The molecule has 2 aromatic carbocycles. The molecule has 16 heteroatoms. The number of pyridine rings is 1. The van der Waals surface area contributed by atoms with Crippen molar-refractivity contribution in [3.63, 3.8) is 0 Å². The lowest BCUT2D eigenvalue weighted by molar-refractivity contribution is -0.315. The van der Waals surface area contributed by atoms with E-state index in [9.17, 15) is 38.7 Å². The minimum absolute atomic E-state index is 0.0199. The van der Waals surface area contributed by atoms with Gasteiger partial charge in [0, 0.05) is 42.8 Å². The molecule has 10 N–H and O–H groups in total. The van der Waals surface area contributed by atoms with Crippen LogP contribution in [0.25, 0.3) is 6.08 Å². The zero-order valence-electron chi connectivity index (χ0n) is 33.4. The number of nitrogens with one attached hydrogen (secondary N) is 6. The molecule has 3 aromatic rings. The summed E-state index contributed by atoms with van der Waals surface area (Å²) in [5.74, 6) is -3.57. The lowest BCUT2D eigenvalue weighted by Gasteiger charge is -2.34. The molecule has 0 aliphatic heterocycles.